The number of methoxy groups -OCH3 is 1. The molecule has 0 atom stereocenters. The second kappa shape index (κ2) is 7.34. The molecule has 0 amide bonds. The van der Waals surface area contributed by atoms with E-state index < -0.39 is 0 Å². The van der Waals surface area contributed by atoms with Crippen molar-refractivity contribution in [1.82, 2.24) is 0 Å². The van der Waals surface area contributed by atoms with Crippen LogP contribution < -0.4 is 4.74 Å². The van der Waals surface area contributed by atoms with Crippen LogP contribution in [-0.4, -0.2) is 13.1 Å². The van der Waals surface area contributed by atoms with Gasteiger partial charge in [-0.05, 0) is 48.4 Å². The molecule has 0 aromatic heterocycles. The smallest absolute Gasteiger partial charge is 0.330 e. The minimum atomic E-state index is -0.384. The number of hydrogen-bond acceptors (Lipinski definition) is 3. The van der Waals surface area contributed by atoms with Crippen molar-refractivity contribution in [2.45, 2.75) is 6.92 Å². The van der Waals surface area contributed by atoms with Crippen LogP contribution in [-0.2, 0) is 9.53 Å². The van der Waals surface area contributed by atoms with Gasteiger partial charge in [0.15, 0.2) is 0 Å². The van der Waals surface area contributed by atoms with E-state index in [1.165, 1.54) is 13.2 Å². The molecule has 3 nitrogen and oxygen atoms in total. The molecule has 0 N–H and O–H groups in total. The van der Waals surface area contributed by atoms with Gasteiger partial charge in [-0.1, -0.05) is 35.3 Å². The van der Waals surface area contributed by atoms with Crippen LogP contribution in [0.5, 0.6) is 11.5 Å². The highest BCUT2D eigenvalue weighted by Crippen LogP contribution is 2.32. The van der Waals surface area contributed by atoms with Crippen LogP contribution in [0.4, 0.5) is 0 Å². The summed E-state index contributed by atoms with van der Waals surface area (Å²) in [5.41, 5.74) is 1.71. The quantitative estimate of drug-likeness (QED) is 0.556. The second-order valence-corrected chi connectivity index (χ2v) is 5.40. The minimum Gasteiger partial charge on any atom is -0.466 e. The Kier molecular flexibility index (Phi) is 5.47. The Morgan fingerprint density at radius 2 is 1.77 bits per heavy atom. The van der Waals surface area contributed by atoms with Gasteiger partial charge in [-0.3, -0.25) is 0 Å². The average Bonchev–Trinajstić information content (AvgIpc) is 2.50. The third-order valence-electron chi connectivity index (χ3n) is 2.97. The summed E-state index contributed by atoms with van der Waals surface area (Å²) < 4.78 is 10.3. The van der Waals surface area contributed by atoms with Crippen molar-refractivity contribution in [1.29, 1.82) is 0 Å². The zero-order chi connectivity index (χ0) is 16.1. The zero-order valence-corrected chi connectivity index (χ0v) is 13.6. The SMILES string of the molecule is COC(=O)/C=C(/C)c1ccc(Oc2ccc(Cl)cc2Cl)cc1. The molecule has 0 unspecified atom stereocenters. The standard InChI is InChI=1S/C17H14Cl2O3/c1-11(9-17(20)21-2)12-3-6-14(7-4-12)22-16-8-5-13(18)10-15(16)19/h3-10H,1-2H3/b11-9-. The van der Waals surface area contributed by atoms with Gasteiger partial charge < -0.3 is 9.47 Å². The molecule has 0 heterocycles. The van der Waals surface area contributed by atoms with Gasteiger partial charge >= 0.3 is 5.97 Å². The lowest BCUT2D eigenvalue weighted by atomic mass is 10.1. The molecule has 2 aromatic carbocycles. The summed E-state index contributed by atoms with van der Waals surface area (Å²) in [6.07, 6.45) is 1.44. The molecule has 114 valence electrons. The third kappa shape index (κ3) is 4.26. The van der Waals surface area contributed by atoms with Crippen LogP contribution in [0.1, 0.15) is 12.5 Å². The molecule has 22 heavy (non-hydrogen) atoms. The first-order chi connectivity index (χ1) is 10.5. The van der Waals surface area contributed by atoms with Gasteiger partial charge in [-0.15, -0.1) is 0 Å². The van der Waals surface area contributed by atoms with Crippen molar-refractivity contribution in [2.75, 3.05) is 7.11 Å². The van der Waals surface area contributed by atoms with E-state index in [0.29, 0.717) is 21.5 Å². The average molecular weight is 337 g/mol. The molecule has 0 aliphatic rings. The summed E-state index contributed by atoms with van der Waals surface area (Å²) in [5, 5.41) is 0.995. The topological polar surface area (TPSA) is 35.5 Å². The minimum absolute atomic E-state index is 0.384. The van der Waals surface area contributed by atoms with Gasteiger partial charge in [0.05, 0.1) is 12.1 Å². The van der Waals surface area contributed by atoms with Gasteiger partial charge in [0.2, 0.25) is 0 Å². The fourth-order valence-electron chi connectivity index (χ4n) is 1.79. The molecule has 0 fully saturated rings. The Bertz CT molecular complexity index is 706. The Hall–Kier alpha value is -1.97. The second-order valence-electron chi connectivity index (χ2n) is 4.55. The molecule has 0 saturated carbocycles. The molecule has 0 spiro atoms. The maximum atomic E-state index is 11.2. The van der Waals surface area contributed by atoms with Crippen molar-refractivity contribution < 1.29 is 14.3 Å². The van der Waals surface area contributed by atoms with Crippen molar-refractivity contribution >= 4 is 34.7 Å². The van der Waals surface area contributed by atoms with Crippen molar-refractivity contribution in [2.24, 2.45) is 0 Å². The lowest BCUT2D eigenvalue weighted by Gasteiger charge is -2.09. The number of rotatable bonds is 4. The van der Waals surface area contributed by atoms with E-state index in [1.807, 2.05) is 19.1 Å². The lowest BCUT2D eigenvalue weighted by Crippen LogP contribution is -1.95. The lowest BCUT2D eigenvalue weighted by molar-refractivity contribution is -0.134. The fraction of sp³-hybridized carbons (Fsp3) is 0.118. The first-order valence-corrected chi connectivity index (χ1v) is 7.25. The van der Waals surface area contributed by atoms with Crippen molar-refractivity contribution in [3.05, 3.63) is 64.1 Å². The Labute approximate surface area is 139 Å². The summed E-state index contributed by atoms with van der Waals surface area (Å²) in [7, 11) is 1.35. The van der Waals surface area contributed by atoms with E-state index in [-0.39, 0.29) is 5.97 Å². The van der Waals surface area contributed by atoms with E-state index in [4.69, 9.17) is 27.9 Å². The molecule has 0 aliphatic heterocycles. The van der Waals surface area contributed by atoms with E-state index in [2.05, 4.69) is 4.74 Å². The number of halogens is 2. The summed E-state index contributed by atoms with van der Waals surface area (Å²) in [6, 6.07) is 12.4. The van der Waals surface area contributed by atoms with Gasteiger partial charge in [-0.2, -0.15) is 0 Å². The van der Waals surface area contributed by atoms with Crippen LogP contribution in [0.3, 0.4) is 0 Å². The maximum absolute atomic E-state index is 11.2. The predicted octanol–water partition coefficient (Wildman–Crippen LogP) is 5.36. The molecular formula is C17H14Cl2O3. The van der Waals surface area contributed by atoms with Crippen LogP contribution >= 0.6 is 23.2 Å². The van der Waals surface area contributed by atoms with Crippen LogP contribution in [0, 0.1) is 0 Å². The Morgan fingerprint density at radius 1 is 1.09 bits per heavy atom. The van der Waals surface area contributed by atoms with Gasteiger partial charge in [0.25, 0.3) is 0 Å². The molecular weight excluding hydrogens is 323 g/mol. The number of esters is 1. The molecule has 0 bridgehead atoms. The van der Waals surface area contributed by atoms with Gasteiger partial charge in [0, 0.05) is 11.1 Å². The Balaban J connectivity index is 2.15. The highest BCUT2D eigenvalue weighted by molar-refractivity contribution is 6.35. The summed E-state index contributed by atoms with van der Waals surface area (Å²) in [4.78, 5) is 11.2. The number of benzene rings is 2. The van der Waals surface area contributed by atoms with Crippen molar-refractivity contribution in [3.63, 3.8) is 0 Å². The maximum Gasteiger partial charge on any atom is 0.330 e. The fourth-order valence-corrected chi connectivity index (χ4v) is 2.24. The number of carbonyl (C=O) groups excluding carboxylic acids is 1. The summed E-state index contributed by atoms with van der Waals surface area (Å²) in [5.74, 6) is 0.783. The van der Waals surface area contributed by atoms with E-state index >= 15 is 0 Å². The first-order valence-electron chi connectivity index (χ1n) is 6.49. The summed E-state index contributed by atoms with van der Waals surface area (Å²) >= 11 is 11.9. The first kappa shape index (κ1) is 16.4. The molecule has 0 saturated heterocycles. The van der Waals surface area contributed by atoms with E-state index in [1.54, 1.807) is 30.3 Å². The molecule has 0 radical (unpaired) electrons. The third-order valence-corrected chi connectivity index (χ3v) is 3.50. The van der Waals surface area contributed by atoms with Crippen LogP contribution in [0.15, 0.2) is 48.5 Å². The largest absolute Gasteiger partial charge is 0.466 e. The van der Waals surface area contributed by atoms with E-state index in [9.17, 15) is 4.79 Å². The van der Waals surface area contributed by atoms with Crippen LogP contribution in [0.2, 0.25) is 10.0 Å². The highest BCUT2D eigenvalue weighted by atomic mass is 35.5. The highest BCUT2D eigenvalue weighted by Gasteiger charge is 2.05. The monoisotopic (exact) mass is 336 g/mol. The van der Waals surface area contributed by atoms with Gasteiger partial charge in [0.1, 0.15) is 11.5 Å². The molecule has 0 aliphatic carbocycles. The van der Waals surface area contributed by atoms with Gasteiger partial charge in [-0.25, -0.2) is 4.79 Å². The number of allylic oxidation sites excluding steroid dienone is 1. The van der Waals surface area contributed by atoms with Crippen LogP contribution in [0.25, 0.3) is 5.57 Å². The predicted molar refractivity (Wildman–Crippen MR) is 88.6 cm³/mol. The molecule has 2 rings (SSSR count). The van der Waals surface area contributed by atoms with E-state index in [0.717, 1.165) is 11.1 Å². The molecule has 2 aromatic rings. The summed E-state index contributed by atoms with van der Waals surface area (Å²) in [6.45, 7) is 1.84. The zero-order valence-electron chi connectivity index (χ0n) is 12.1. The van der Waals surface area contributed by atoms with Crippen molar-refractivity contribution in [3.8, 4) is 11.5 Å². The number of hydrogen-bond donors (Lipinski definition) is 0. The molecule has 5 heteroatoms. The number of carbonyl (C=O) groups is 1. The normalized spacial score (nSPS) is 11.2. The Morgan fingerprint density at radius 3 is 2.36 bits per heavy atom. The number of ether oxygens (including phenoxy) is 2.